The molecule has 80 valence electrons. The molecule has 4 nitrogen and oxygen atoms in total. The predicted octanol–water partition coefficient (Wildman–Crippen LogP) is 1.79. The predicted molar refractivity (Wildman–Crippen MR) is 60.7 cm³/mol. The molecule has 0 spiro atoms. The van der Waals surface area contributed by atoms with Crippen molar-refractivity contribution < 1.29 is 0 Å². The zero-order chi connectivity index (χ0) is 11.1. The zero-order valence-electron chi connectivity index (χ0n) is 8.79. The summed E-state index contributed by atoms with van der Waals surface area (Å²) < 4.78 is 0. The minimum absolute atomic E-state index is 0.00844. The van der Waals surface area contributed by atoms with Gasteiger partial charge in [-0.05, 0) is 31.5 Å². The number of hydrogen-bond donors (Lipinski definition) is 1. The Morgan fingerprint density at radius 1 is 1.60 bits per heavy atom. The van der Waals surface area contributed by atoms with Crippen molar-refractivity contribution in [2.75, 3.05) is 11.4 Å². The SMILES string of the molecule is C=C1NC(C)(C)CN1c1ccnc(Cl)n1. The number of hydrogen-bond acceptors (Lipinski definition) is 4. The van der Waals surface area contributed by atoms with Gasteiger partial charge in [0.25, 0.3) is 0 Å². The smallest absolute Gasteiger partial charge is 0.224 e. The molecule has 0 atom stereocenters. The van der Waals surface area contributed by atoms with Crippen molar-refractivity contribution in [2.24, 2.45) is 0 Å². The van der Waals surface area contributed by atoms with E-state index < -0.39 is 0 Å². The largest absolute Gasteiger partial charge is 0.365 e. The van der Waals surface area contributed by atoms with Gasteiger partial charge in [-0.25, -0.2) is 9.97 Å². The fourth-order valence-corrected chi connectivity index (χ4v) is 1.83. The third kappa shape index (κ3) is 2.04. The Hall–Kier alpha value is -1.29. The number of rotatable bonds is 1. The number of aromatic nitrogens is 2. The molecule has 1 saturated heterocycles. The highest BCUT2D eigenvalue weighted by atomic mass is 35.5. The summed E-state index contributed by atoms with van der Waals surface area (Å²) >= 11 is 5.74. The van der Waals surface area contributed by atoms with Gasteiger partial charge >= 0.3 is 0 Å². The van der Waals surface area contributed by atoms with E-state index in [9.17, 15) is 0 Å². The second-order valence-corrected chi connectivity index (χ2v) is 4.56. The molecule has 1 aliphatic rings. The van der Waals surface area contributed by atoms with Gasteiger partial charge in [-0.3, -0.25) is 0 Å². The van der Waals surface area contributed by atoms with Crippen LogP contribution in [-0.2, 0) is 0 Å². The van der Waals surface area contributed by atoms with E-state index in [1.807, 2.05) is 11.0 Å². The molecule has 1 aromatic heterocycles. The van der Waals surface area contributed by atoms with Crippen molar-refractivity contribution in [3.05, 3.63) is 29.9 Å². The molecule has 0 bridgehead atoms. The van der Waals surface area contributed by atoms with Crippen molar-refractivity contribution in [3.63, 3.8) is 0 Å². The number of halogens is 1. The third-order valence-corrected chi connectivity index (χ3v) is 2.43. The van der Waals surface area contributed by atoms with Crippen LogP contribution in [0.2, 0.25) is 5.28 Å². The summed E-state index contributed by atoms with van der Waals surface area (Å²) in [6.07, 6.45) is 1.64. The minimum Gasteiger partial charge on any atom is -0.365 e. The lowest BCUT2D eigenvalue weighted by atomic mass is 10.1. The van der Waals surface area contributed by atoms with Gasteiger partial charge in [0, 0.05) is 12.7 Å². The number of nitrogens with zero attached hydrogens (tertiary/aromatic N) is 3. The molecular weight excluding hydrogens is 212 g/mol. The van der Waals surface area contributed by atoms with Gasteiger partial charge in [0.15, 0.2) is 0 Å². The van der Waals surface area contributed by atoms with Crippen LogP contribution < -0.4 is 10.2 Å². The first-order valence-electron chi connectivity index (χ1n) is 4.71. The summed E-state index contributed by atoms with van der Waals surface area (Å²) in [4.78, 5) is 9.99. The molecule has 0 radical (unpaired) electrons. The van der Waals surface area contributed by atoms with Crippen LogP contribution in [0.1, 0.15) is 13.8 Å². The van der Waals surface area contributed by atoms with Crippen LogP contribution in [-0.4, -0.2) is 22.1 Å². The van der Waals surface area contributed by atoms with Crippen molar-refractivity contribution >= 4 is 17.4 Å². The Morgan fingerprint density at radius 3 is 2.87 bits per heavy atom. The van der Waals surface area contributed by atoms with Gasteiger partial charge in [-0.1, -0.05) is 6.58 Å². The fourth-order valence-electron chi connectivity index (χ4n) is 1.68. The van der Waals surface area contributed by atoms with Crippen molar-refractivity contribution in [3.8, 4) is 0 Å². The van der Waals surface area contributed by atoms with E-state index >= 15 is 0 Å². The average molecular weight is 225 g/mol. The van der Waals surface area contributed by atoms with Gasteiger partial charge in [0.1, 0.15) is 11.6 Å². The van der Waals surface area contributed by atoms with Gasteiger partial charge in [-0.15, -0.1) is 0 Å². The van der Waals surface area contributed by atoms with Gasteiger partial charge < -0.3 is 10.2 Å². The molecule has 1 aliphatic heterocycles. The van der Waals surface area contributed by atoms with Crippen molar-refractivity contribution in [1.82, 2.24) is 15.3 Å². The lowest BCUT2D eigenvalue weighted by Gasteiger charge is -2.18. The van der Waals surface area contributed by atoms with Crippen LogP contribution >= 0.6 is 11.6 Å². The zero-order valence-corrected chi connectivity index (χ0v) is 9.54. The second-order valence-electron chi connectivity index (χ2n) is 4.23. The highest BCUT2D eigenvalue weighted by molar-refractivity contribution is 6.28. The van der Waals surface area contributed by atoms with E-state index in [1.165, 1.54) is 0 Å². The van der Waals surface area contributed by atoms with E-state index in [-0.39, 0.29) is 10.8 Å². The van der Waals surface area contributed by atoms with Crippen LogP contribution in [0, 0.1) is 0 Å². The maximum Gasteiger partial charge on any atom is 0.224 e. The van der Waals surface area contributed by atoms with E-state index in [0.29, 0.717) is 0 Å². The van der Waals surface area contributed by atoms with E-state index in [1.54, 1.807) is 6.20 Å². The minimum atomic E-state index is 0.00844. The summed E-state index contributed by atoms with van der Waals surface area (Å²) in [5, 5.41) is 3.54. The maximum absolute atomic E-state index is 5.74. The Balaban J connectivity index is 2.29. The molecule has 0 amide bonds. The first-order valence-corrected chi connectivity index (χ1v) is 5.09. The Kier molecular flexibility index (Phi) is 2.31. The lowest BCUT2D eigenvalue weighted by Crippen LogP contribution is -2.34. The molecule has 0 unspecified atom stereocenters. The van der Waals surface area contributed by atoms with Crippen molar-refractivity contribution in [1.29, 1.82) is 0 Å². The van der Waals surface area contributed by atoms with Crippen LogP contribution in [0.25, 0.3) is 0 Å². The third-order valence-electron chi connectivity index (χ3n) is 2.25. The fraction of sp³-hybridized carbons (Fsp3) is 0.400. The molecular formula is C10H13ClN4. The topological polar surface area (TPSA) is 41.0 Å². The highest BCUT2D eigenvalue weighted by Gasteiger charge is 2.32. The number of nitrogens with one attached hydrogen (secondary N) is 1. The normalized spacial score (nSPS) is 19.1. The number of anilines is 1. The van der Waals surface area contributed by atoms with Crippen LogP contribution in [0.4, 0.5) is 5.82 Å². The summed E-state index contributed by atoms with van der Waals surface area (Å²) in [6, 6.07) is 1.82. The summed E-state index contributed by atoms with van der Waals surface area (Å²) in [7, 11) is 0. The highest BCUT2D eigenvalue weighted by Crippen LogP contribution is 2.25. The standard InChI is InChI=1S/C10H13ClN4/c1-7-14-10(2,3)6-15(7)8-4-5-12-9(11)13-8/h4-5,14H,1,6H2,2-3H3. The van der Waals surface area contributed by atoms with Crippen LogP contribution in [0.3, 0.4) is 0 Å². The quantitative estimate of drug-likeness (QED) is 0.739. The summed E-state index contributed by atoms with van der Waals surface area (Å²) in [5.41, 5.74) is 0.00844. The Bertz CT molecular complexity index is 402. The van der Waals surface area contributed by atoms with Gasteiger partial charge in [-0.2, -0.15) is 0 Å². The van der Waals surface area contributed by atoms with Gasteiger partial charge in [0.2, 0.25) is 5.28 Å². The first-order chi connectivity index (χ1) is 6.98. The molecule has 2 rings (SSSR count). The van der Waals surface area contributed by atoms with Crippen LogP contribution in [0.15, 0.2) is 24.7 Å². The summed E-state index contributed by atoms with van der Waals surface area (Å²) in [5.74, 6) is 1.62. The van der Waals surface area contributed by atoms with E-state index in [0.717, 1.165) is 18.2 Å². The molecule has 5 heteroatoms. The first kappa shape index (κ1) is 10.2. The molecule has 2 heterocycles. The average Bonchev–Trinajstić information content (AvgIpc) is 2.40. The van der Waals surface area contributed by atoms with Crippen molar-refractivity contribution in [2.45, 2.75) is 19.4 Å². The van der Waals surface area contributed by atoms with Gasteiger partial charge in [0.05, 0.1) is 5.54 Å². The molecule has 1 aromatic rings. The molecule has 1 N–H and O–H groups in total. The summed E-state index contributed by atoms with van der Waals surface area (Å²) in [6.45, 7) is 8.99. The monoisotopic (exact) mass is 224 g/mol. The molecule has 0 aromatic carbocycles. The Labute approximate surface area is 94.0 Å². The molecule has 0 aliphatic carbocycles. The van der Waals surface area contributed by atoms with E-state index in [4.69, 9.17) is 11.6 Å². The van der Waals surface area contributed by atoms with E-state index in [2.05, 4.69) is 35.7 Å². The molecule has 15 heavy (non-hydrogen) atoms. The Morgan fingerprint density at radius 2 is 2.33 bits per heavy atom. The molecule has 0 saturated carbocycles. The lowest BCUT2D eigenvalue weighted by molar-refractivity contribution is 0.503. The maximum atomic E-state index is 5.74. The van der Waals surface area contributed by atoms with Crippen LogP contribution in [0.5, 0.6) is 0 Å². The molecule has 1 fully saturated rings. The second kappa shape index (κ2) is 3.38.